The monoisotopic (exact) mass is 292 g/mol. The minimum Gasteiger partial charge on any atom is -0.394 e. The Labute approximate surface area is 125 Å². The van der Waals surface area contributed by atoms with E-state index in [2.05, 4.69) is 24.5 Å². The van der Waals surface area contributed by atoms with Gasteiger partial charge in [-0.15, -0.1) is 0 Å². The van der Waals surface area contributed by atoms with E-state index in [1.54, 1.807) is 6.07 Å². The molecule has 5 nitrogen and oxygen atoms in total. The van der Waals surface area contributed by atoms with Crippen LogP contribution < -0.4 is 10.6 Å². The van der Waals surface area contributed by atoms with Crippen molar-refractivity contribution in [2.45, 2.75) is 46.1 Å². The number of aliphatic hydroxyl groups is 1. The number of aliphatic hydroxyl groups excluding tert-OH is 1. The van der Waals surface area contributed by atoms with Crippen LogP contribution in [0.25, 0.3) is 0 Å². The van der Waals surface area contributed by atoms with Gasteiger partial charge in [-0.1, -0.05) is 26.8 Å². The van der Waals surface area contributed by atoms with Crippen molar-refractivity contribution in [3.8, 4) is 0 Å². The average molecular weight is 292 g/mol. The molecule has 0 aliphatic carbocycles. The maximum Gasteiger partial charge on any atom is 0.313 e. The summed E-state index contributed by atoms with van der Waals surface area (Å²) in [6, 6.07) is 5.27. The Kier molecular flexibility index (Phi) is 6.88. The van der Waals surface area contributed by atoms with Gasteiger partial charge in [-0.3, -0.25) is 9.59 Å². The van der Waals surface area contributed by atoms with E-state index in [0.29, 0.717) is 12.1 Å². The molecule has 1 aromatic carbocycles. The molecule has 116 valence electrons. The lowest BCUT2D eigenvalue weighted by atomic mass is 10.0. The van der Waals surface area contributed by atoms with Gasteiger partial charge < -0.3 is 15.7 Å². The SMILES string of the molecule is CCc1ccc(NC(=O)C(=O)NC(CC)CO)cc1CC. The molecule has 21 heavy (non-hydrogen) atoms. The van der Waals surface area contributed by atoms with E-state index in [1.165, 1.54) is 5.56 Å². The van der Waals surface area contributed by atoms with Gasteiger partial charge in [0.05, 0.1) is 12.6 Å². The van der Waals surface area contributed by atoms with Crippen molar-refractivity contribution < 1.29 is 14.7 Å². The Bertz CT molecular complexity index is 496. The van der Waals surface area contributed by atoms with Gasteiger partial charge in [-0.2, -0.15) is 0 Å². The van der Waals surface area contributed by atoms with Crippen LogP contribution in [0, 0.1) is 0 Å². The quantitative estimate of drug-likeness (QED) is 0.697. The fourth-order valence-corrected chi connectivity index (χ4v) is 2.09. The molecule has 0 aromatic heterocycles. The Morgan fingerprint density at radius 1 is 1.10 bits per heavy atom. The summed E-state index contributed by atoms with van der Waals surface area (Å²) in [5.74, 6) is -1.44. The van der Waals surface area contributed by atoms with Crippen molar-refractivity contribution in [2.75, 3.05) is 11.9 Å². The molecule has 0 saturated carbocycles. The Balaban J connectivity index is 2.72. The summed E-state index contributed by atoms with van der Waals surface area (Å²) in [4.78, 5) is 23.5. The molecule has 0 bridgehead atoms. The van der Waals surface area contributed by atoms with Crippen LogP contribution in [0.15, 0.2) is 18.2 Å². The molecule has 0 spiro atoms. The number of rotatable bonds is 6. The molecule has 1 aromatic rings. The number of amides is 2. The second-order valence-electron chi connectivity index (χ2n) is 4.91. The lowest BCUT2D eigenvalue weighted by Gasteiger charge is -2.14. The van der Waals surface area contributed by atoms with Gasteiger partial charge in [0.25, 0.3) is 0 Å². The van der Waals surface area contributed by atoms with Gasteiger partial charge in [-0.05, 0) is 42.5 Å². The summed E-state index contributed by atoms with van der Waals surface area (Å²) >= 11 is 0. The van der Waals surface area contributed by atoms with Crippen LogP contribution in [0.5, 0.6) is 0 Å². The van der Waals surface area contributed by atoms with E-state index in [-0.39, 0.29) is 6.61 Å². The molecule has 0 aliphatic heterocycles. The van der Waals surface area contributed by atoms with Crippen LogP contribution in [0.2, 0.25) is 0 Å². The van der Waals surface area contributed by atoms with Crippen molar-refractivity contribution in [3.05, 3.63) is 29.3 Å². The third-order valence-corrected chi connectivity index (χ3v) is 3.48. The van der Waals surface area contributed by atoms with Crippen molar-refractivity contribution in [1.82, 2.24) is 5.32 Å². The molecule has 0 fully saturated rings. The van der Waals surface area contributed by atoms with Crippen LogP contribution in [0.4, 0.5) is 5.69 Å². The topological polar surface area (TPSA) is 78.4 Å². The molecule has 0 saturated heterocycles. The molecule has 3 N–H and O–H groups in total. The zero-order valence-corrected chi connectivity index (χ0v) is 12.9. The molecule has 1 atom stereocenters. The van der Waals surface area contributed by atoms with Crippen molar-refractivity contribution in [3.63, 3.8) is 0 Å². The van der Waals surface area contributed by atoms with E-state index in [0.717, 1.165) is 18.4 Å². The Hall–Kier alpha value is -1.88. The number of carbonyl (C=O) groups excluding carboxylic acids is 2. The lowest BCUT2D eigenvalue weighted by molar-refractivity contribution is -0.136. The molecular weight excluding hydrogens is 268 g/mol. The second kappa shape index (κ2) is 8.42. The minimum absolute atomic E-state index is 0.180. The summed E-state index contributed by atoms with van der Waals surface area (Å²) in [5.41, 5.74) is 3.02. The highest BCUT2D eigenvalue weighted by molar-refractivity contribution is 6.39. The maximum atomic E-state index is 11.8. The summed E-state index contributed by atoms with van der Waals surface area (Å²) < 4.78 is 0. The summed E-state index contributed by atoms with van der Waals surface area (Å²) in [6.07, 6.45) is 2.38. The molecule has 2 amide bonds. The minimum atomic E-state index is -0.728. The van der Waals surface area contributed by atoms with Crippen LogP contribution in [0.1, 0.15) is 38.3 Å². The van der Waals surface area contributed by atoms with Crippen LogP contribution >= 0.6 is 0 Å². The zero-order chi connectivity index (χ0) is 15.8. The number of anilines is 1. The molecule has 1 unspecified atom stereocenters. The maximum absolute atomic E-state index is 11.8. The van der Waals surface area contributed by atoms with Gasteiger partial charge in [0.1, 0.15) is 0 Å². The number of hydrogen-bond donors (Lipinski definition) is 3. The second-order valence-corrected chi connectivity index (χ2v) is 4.91. The largest absolute Gasteiger partial charge is 0.394 e. The predicted molar refractivity (Wildman–Crippen MR) is 83.1 cm³/mol. The van der Waals surface area contributed by atoms with E-state index < -0.39 is 17.9 Å². The van der Waals surface area contributed by atoms with E-state index in [4.69, 9.17) is 5.11 Å². The molecule has 5 heteroatoms. The standard InChI is InChI=1S/C16H24N2O3/c1-4-11-7-8-14(9-12(11)5-2)18-16(21)15(20)17-13(6-3)10-19/h7-9,13,19H,4-6,10H2,1-3H3,(H,17,20)(H,18,21). The average Bonchev–Trinajstić information content (AvgIpc) is 2.51. The van der Waals surface area contributed by atoms with E-state index in [9.17, 15) is 9.59 Å². The van der Waals surface area contributed by atoms with Gasteiger partial charge in [0, 0.05) is 5.69 Å². The lowest BCUT2D eigenvalue weighted by Crippen LogP contribution is -2.43. The summed E-state index contributed by atoms with van der Waals surface area (Å²) in [5, 5.41) is 14.1. The van der Waals surface area contributed by atoms with Gasteiger partial charge in [0.2, 0.25) is 0 Å². The fraction of sp³-hybridized carbons (Fsp3) is 0.500. The highest BCUT2D eigenvalue weighted by Gasteiger charge is 2.17. The van der Waals surface area contributed by atoms with E-state index >= 15 is 0 Å². The first-order valence-electron chi connectivity index (χ1n) is 7.40. The normalized spacial score (nSPS) is 11.8. The number of aryl methyl sites for hydroxylation is 2. The molecular formula is C16H24N2O3. The van der Waals surface area contributed by atoms with Gasteiger partial charge in [0.15, 0.2) is 0 Å². The third-order valence-electron chi connectivity index (χ3n) is 3.48. The zero-order valence-electron chi connectivity index (χ0n) is 12.9. The first kappa shape index (κ1) is 17.2. The first-order valence-corrected chi connectivity index (χ1v) is 7.40. The summed E-state index contributed by atoms with van der Waals surface area (Å²) in [7, 11) is 0. The first-order chi connectivity index (χ1) is 10.0. The number of hydrogen-bond acceptors (Lipinski definition) is 3. The molecule has 0 heterocycles. The van der Waals surface area contributed by atoms with Crippen molar-refractivity contribution >= 4 is 17.5 Å². The highest BCUT2D eigenvalue weighted by atomic mass is 16.3. The van der Waals surface area contributed by atoms with Gasteiger partial charge >= 0.3 is 11.8 Å². The Morgan fingerprint density at radius 3 is 2.29 bits per heavy atom. The van der Waals surface area contributed by atoms with Crippen molar-refractivity contribution in [2.24, 2.45) is 0 Å². The fourth-order valence-electron chi connectivity index (χ4n) is 2.09. The third kappa shape index (κ3) is 4.86. The Morgan fingerprint density at radius 2 is 1.76 bits per heavy atom. The number of carbonyl (C=O) groups is 2. The summed E-state index contributed by atoms with van der Waals surface area (Å²) in [6.45, 7) is 5.79. The molecule has 0 aliphatic rings. The number of nitrogens with one attached hydrogen (secondary N) is 2. The van der Waals surface area contributed by atoms with Crippen LogP contribution in [0.3, 0.4) is 0 Å². The smallest absolute Gasteiger partial charge is 0.313 e. The van der Waals surface area contributed by atoms with E-state index in [1.807, 2.05) is 19.1 Å². The van der Waals surface area contributed by atoms with Crippen LogP contribution in [-0.4, -0.2) is 29.6 Å². The van der Waals surface area contributed by atoms with Crippen molar-refractivity contribution in [1.29, 1.82) is 0 Å². The molecule has 1 rings (SSSR count). The van der Waals surface area contributed by atoms with Crippen LogP contribution in [-0.2, 0) is 22.4 Å². The predicted octanol–water partition coefficient (Wildman–Crippen LogP) is 1.64. The van der Waals surface area contributed by atoms with Gasteiger partial charge in [-0.25, -0.2) is 0 Å². The number of benzene rings is 1. The highest BCUT2D eigenvalue weighted by Crippen LogP contribution is 2.17. The molecule has 0 radical (unpaired) electrons.